The molecule has 2 N–H and O–H groups in total. The van der Waals surface area contributed by atoms with Gasteiger partial charge in [-0.25, -0.2) is 0 Å². The Morgan fingerprint density at radius 1 is 1.10 bits per heavy atom. The second-order valence-corrected chi connectivity index (χ2v) is 5.14. The average molecular weight is 285 g/mol. The van der Waals surface area contributed by atoms with Gasteiger partial charge in [0.05, 0.1) is 21.2 Å². The van der Waals surface area contributed by atoms with Gasteiger partial charge in [-0.2, -0.15) is 0 Å². The maximum absolute atomic E-state index is 12.6. The van der Waals surface area contributed by atoms with Gasteiger partial charge in [0.2, 0.25) is 0 Å². The summed E-state index contributed by atoms with van der Waals surface area (Å²) in [6, 6.07) is 16.9. The second-order valence-electron chi connectivity index (χ2n) is 5.14. The Bertz CT molecular complexity index is 597. The summed E-state index contributed by atoms with van der Waals surface area (Å²) < 4.78 is 5.17. The van der Waals surface area contributed by atoms with Crippen LogP contribution in [0.25, 0.3) is 0 Å². The first-order valence-electron chi connectivity index (χ1n) is 6.91. The predicted octanol–water partition coefficient (Wildman–Crippen LogP) is 1.52. The molecular formula is C17H21N2O2+. The number of amides is 1. The van der Waals surface area contributed by atoms with Crippen molar-refractivity contribution in [1.29, 1.82) is 0 Å². The number of anilines is 1. The van der Waals surface area contributed by atoms with Crippen LogP contribution in [0.3, 0.4) is 0 Å². The predicted molar refractivity (Wildman–Crippen MR) is 83.6 cm³/mol. The standard InChI is InChI=1S/C17H20N2O2/c1-19(2)16(13-8-5-4-6-9-13)17(20)18-14-10-7-11-15(12-14)21-3/h4-12,16H,1-3H3,(H,18,20)/p+1/t16-/m1/s1. The molecule has 0 saturated carbocycles. The quantitative estimate of drug-likeness (QED) is 0.874. The molecule has 0 radical (unpaired) electrons. The molecule has 4 heteroatoms. The molecule has 1 amide bonds. The first-order chi connectivity index (χ1) is 10.1. The summed E-state index contributed by atoms with van der Waals surface area (Å²) >= 11 is 0. The first-order valence-corrected chi connectivity index (χ1v) is 6.91. The molecule has 0 aliphatic carbocycles. The van der Waals surface area contributed by atoms with E-state index in [9.17, 15) is 4.79 Å². The van der Waals surface area contributed by atoms with E-state index in [1.807, 2.05) is 68.7 Å². The van der Waals surface area contributed by atoms with E-state index in [0.29, 0.717) is 0 Å². The van der Waals surface area contributed by atoms with Gasteiger partial charge in [-0.3, -0.25) is 4.79 Å². The van der Waals surface area contributed by atoms with E-state index in [1.165, 1.54) is 0 Å². The molecule has 0 aliphatic rings. The molecule has 0 fully saturated rings. The Labute approximate surface area is 125 Å². The van der Waals surface area contributed by atoms with Crippen molar-refractivity contribution in [3.05, 3.63) is 60.2 Å². The third kappa shape index (κ3) is 3.83. The van der Waals surface area contributed by atoms with Crippen molar-refractivity contribution >= 4 is 11.6 Å². The number of ether oxygens (including phenoxy) is 1. The number of rotatable bonds is 5. The normalized spacial score (nSPS) is 12.0. The molecule has 2 rings (SSSR count). The molecule has 1 atom stereocenters. The van der Waals surface area contributed by atoms with Crippen LogP contribution in [0.2, 0.25) is 0 Å². The van der Waals surface area contributed by atoms with Gasteiger partial charge in [-0.15, -0.1) is 0 Å². The number of nitrogens with one attached hydrogen (secondary N) is 2. The van der Waals surface area contributed by atoms with Crippen LogP contribution in [0.1, 0.15) is 11.6 Å². The van der Waals surface area contributed by atoms with Crippen LogP contribution in [0.5, 0.6) is 5.75 Å². The highest BCUT2D eigenvalue weighted by Crippen LogP contribution is 2.18. The first kappa shape index (κ1) is 15.1. The molecule has 0 aliphatic heterocycles. The maximum atomic E-state index is 12.6. The number of methoxy groups -OCH3 is 1. The van der Waals surface area contributed by atoms with Crippen LogP contribution in [0.15, 0.2) is 54.6 Å². The van der Waals surface area contributed by atoms with E-state index in [-0.39, 0.29) is 11.9 Å². The summed E-state index contributed by atoms with van der Waals surface area (Å²) in [5, 5.41) is 2.96. The highest BCUT2D eigenvalue weighted by molar-refractivity contribution is 5.94. The number of hydrogen-bond acceptors (Lipinski definition) is 2. The smallest absolute Gasteiger partial charge is 0.287 e. The number of hydrogen-bond donors (Lipinski definition) is 2. The molecule has 0 bridgehead atoms. The van der Waals surface area contributed by atoms with E-state index >= 15 is 0 Å². The summed E-state index contributed by atoms with van der Waals surface area (Å²) in [6.45, 7) is 0. The SMILES string of the molecule is COc1cccc(NC(=O)[C@@H](c2ccccc2)[NH+](C)C)c1. The van der Waals surface area contributed by atoms with Crippen molar-refractivity contribution in [3.63, 3.8) is 0 Å². The zero-order chi connectivity index (χ0) is 15.2. The van der Waals surface area contributed by atoms with Gasteiger partial charge in [-0.05, 0) is 12.1 Å². The van der Waals surface area contributed by atoms with E-state index in [2.05, 4.69) is 5.32 Å². The Kier molecular flexibility index (Phi) is 4.95. The Morgan fingerprint density at radius 3 is 2.43 bits per heavy atom. The van der Waals surface area contributed by atoms with E-state index in [0.717, 1.165) is 21.9 Å². The Hall–Kier alpha value is -2.33. The monoisotopic (exact) mass is 285 g/mol. The van der Waals surface area contributed by atoms with Gasteiger partial charge >= 0.3 is 0 Å². The lowest BCUT2D eigenvalue weighted by Gasteiger charge is -2.21. The minimum absolute atomic E-state index is 0.0329. The lowest BCUT2D eigenvalue weighted by atomic mass is 10.1. The minimum Gasteiger partial charge on any atom is -0.497 e. The lowest BCUT2D eigenvalue weighted by Crippen LogP contribution is -3.07. The molecule has 2 aromatic rings. The largest absolute Gasteiger partial charge is 0.497 e. The molecule has 110 valence electrons. The fourth-order valence-corrected chi connectivity index (χ4v) is 2.31. The van der Waals surface area contributed by atoms with Gasteiger partial charge in [-0.1, -0.05) is 36.4 Å². The summed E-state index contributed by atoms with van der Waals surface area (Å²) in [4.78, 5) is 13.6. The summed E-state index contributed by atoms with van der Waals surface area (Å²) in [7, 11) is 5.56. The van der Waals surface area contributed by atoms with Crippen molar-refractivity contribution < 1.29 is 14.4 Å². The summed E-state index contributed by atoms with van der Waals surface area (Å²) in [5.41, 5.74) is 1.74. The fourth-order valence-electron chi connectivity index (χ4n) is 2.31. The number of quaternary nitrogens is 1. The van der Waals surface area contributed by atoms with Crippen LogP contribution < -0.4 is 15.0 Å². The van der Waals surface area contributed by atoms with Gasteiger partial charge in [0.25, 0.3) is 5.91 Å². The number of likely N-dealkylation sites (N-methyl/N-ethyl adjacent to an activating group) is 1. The molecule has 0 spiro atoms. The zero-order valence-corrected chi connectivity index (χ0v) is 12.6. The van der Waals surface area contributed by atoms with Crippen molar-refractivity contribution in [1.82, 2.24) is 0 Å². The van der Waals surface area contributed by atoms with Crippen LogP contribution in [0.4, 0.5) is 5.69 Å². The van der Waals surface area contributed by atoms with Gasteiger partial charge in [0.1, 0.15) is 5.75 Å². The Morgan fingerprint density at radius 2 is 1.81 bits per heavy atom. The van der Waals surface area contributed by atoms with Crippen molar-refractivity contribution in [3.8, 4) is 5.75 Å². The van der Waals surface area contributed by atoms with E-state index < -0.39 is 0 Å². The average Bonchev–Trinajstić information content (AvgIpc) is 2.48. The van der Waals surface area contributed by atoms with Crippen LogP contribution in [-0.2, 0) is 4.79 Å². The topological polar surface area (TPSA) is 42.8 Å². The van der Waals surface area contributed by atoms with Crippen LogP contribution in [0, 0.1) is 0 Å². The molecule has 0 aromatic heterocycles. The van der Waals surface area contributed by atoms with Gasteiger partial charge < -0.3 is 15.0 Å². The van der Waals surface area contributed by atoms with E-state index in [4.69, 9.17) is 4.74 Å². The number of carbonyl (C=O) groups excluding carboxylic acids is 1. The molecule has 0 unspecified atom stereocenters. The van der Waals surface area contributed by atoms with E-state index in [1.54, 1.807) is 7.11 Å². The molecule has 21 heavy (non-hydrogen) atoms. The van der Waals surface area contributed by atoms with Gasteiger partial charge in [0.15, 0.2) is 6.04 Å². The van der Waals surface area contributed by atoms with Crippen molar-refractivity contribution in [2.75, 3.05) is 26.5 Å². The lowest BCUT2D eigenvalue weighted by molar-refractivity contribution is -0.881. The molecule has 0 heterocycles. The third-order valence-corrected chi connectivity index (χ3v) is 3.31. The zero-order valence-electron chi connectivity index (χ0n) is 12.6. The number of carbonyl (C=O) groups is 1. The number of benzene rings is 2. The summed E-state index contributed by atoms with van der Waals surface area (Å²) in [6.07, 6.45) is 0. The highest BCUT2D eigenvalue weighted by atomic mass is 16.5. The maximum Gasteiger partial charge on any atom is 0.287 e. The van der Waals surface area contributed by atoms with Gasteiger partial charge in [0, 0.05) is 17.3 Å². The molecule has 0 saturated heterocycles. The van der Waals surface area contributed by atoms with Crippen LogP contribution in [-0.4, -0.2) is 27.1 Å². The molecule has 4 nitrogen and oxygen atoms in total. The van der Waals surface area contributed by atoms with Crippen LogP contribution >= 0.6 is 0 Å². The Balaban J connectivity index is 2.19. The van der Waals surface area contributed by atoms with Crippen molar-refractivity contribution in [2.45, 2.75) is 6.04 Å². The fraction of sp³-hybridized carbons (Fsp3) is 0.235. The highest BCUT2D eigenvalue weighted by Gasteiger charge is 2.26. The molecule has 2 aromatic carbocycles. The minimum atomic E-state index is -0.252. The second kappa shape index (κ2) is 6.90. The third-order valence-electron chi connectivity index (χ3n) is 3.31. The molecular weight excluding hydrogens is 264 g/mol. The van der Waals surface area contributed by atoms with Crippen molar-refractivity contribution in [2.24, 2.45) is 0 Å². The summed E-state index contributed by atoms with van der Waals surface area (Å²) in [5.74, 6) is 0.690.